The van der Waals surface area contributed by atoms with Crippen LogP contribution in [0.4, 0.5) is 0 Å². The number of nitriles is 1. The highest BCUT2D eigenvalue weighted by atomic mass is 32.2. The average Bonchev–Trinajstić information content (AvgIpc) is 2.48. The predicted octanol–water partition coefficient (Wildman–Crippen LogP) is 1.44. The fourth-order valence-electron chi connectivity index (χ4n) is 2.70. The zero-order valence-electron chi connectivity index (χ0n) is 11.3. The van der Waals surface area contributed by atoms with Crippen LogP contribution in [0.25, 0.3) is 0 Å². The van der Waals surface area contributed by atoms with Gasteiger partial charge in [0.15, 0.2) is 0 Å². The molecule has 2 rings (SSSR count). The van der Waals surface area contributed by atoms with Gasteiger partial charge in [0, 0.05) is 26.2 Å². The van der Waals surface area contributed by atoms with Crippen LogP contribution in [0, 0.1) is 11.3 Å². The van der Waals surface area contributed by atoms with Crippen molar-refractivity contribution in [2.75, 3.05) is 32.4 Å². The van der Waals surface area contributed by atoms with Crippen LogP contribution in [0.2, 0.25) is 0 Å². The minimum Gasteiger partial charge on any atom is -0.197 e. The normalized spacial score (nSPS) is 25.9. The molecule has 0 unspecified atom stereocenters. The first-order chi connectivity index (χ1) is 9.04. The van der Waals surface area contributed by atoms with Crippen molar-refractivity contribution in [3.05, 3.63) is 0 Å². The average molecular weight is 303 g/mol. The lowest BCUT2D eigenvalue weighted by atomic mass is 9.99. The number of piperidine rings is 2. The van der Waals surface area contributed by atoms with Crippen LogP contribution in [-0.2, 0) is 10.2 Å². The van der Waals surface area contributed by atoms with Crippen molar-refractivity contribution in [2.45, 2.75) is 36.9 Å². The number of rotatable bonds is 3. The summed E-state index contributed by atoms with van der Waals surface area (Å²) in [5, 5.41) is 9.23. The molecule has 2 saturated heterocycles. The summed E-state index contributed by atoms with van der Waals surface area (Å²) < 4.78 is 27.8. The molecular formula is C12H21N3O2S2. The Morgan fingerprint density at radius 1 is 1.05 bits per heavy atom. The second kappa shape index (κ2) is 6.00. The summed E-state index contributed by atoms with van der Waals surface area (Å²) in [7, 11) is -3.30. The standard InChI is InChI=1S/C12H21N3O2S2/c1-18-12(11-13)5-9-15(10-6-12)19(16,17)14-7-3-2-4-8-14/h2-10H2,1H3. The molecule has 0 radical (unpaired) electrons. The molecule has 0 N–H and O–H groups in total. The van der Waals surface area contributed by atoms with Gasteiger partial charge in [0.25, 0.3) is 10.2 Å². The molecule has 0 spiro atoms. The van der Waals surface area contributed by atoms with Crippen molar-refractivity contribution in [3.8, 4) is 6.07 Å². The van der Waals surface area contributed by atoms with E-state index in [0.29, 0.717) is 39.0 Å². The van der Waals surface area contributed by atoms with Gasteiger partial charge in [0.2, 0.25) is 0 Å². The van der Waals surface area contributed by atoms with Crippen LogP contribution < -0.4 is 0 Å². The SMILES string of the molecule is CSC1(C#N)CCN(S(=O)(=O)N2CCCCC2)CC1. The predicted molar refractivity (Wildman–Crippen MR) is 77.0 cm³/mol. The van der Waals surface area contributed by atoms with Crippen LogP contribution in [0.3, 0.4) is 0 Å². The lowest BCUT2D eigenvalue weighted by molar-refractivity contribution is 0.274. The van der Waals surface area contributed by atoms with E-state index in [0.717, 1.165) is 19.3 Å². The third kappa shape index (κ3) is 3.07. The zero-order chi connectivity index (χ0) is 13.9. The first-order valence-corrected chi connectivity index (χ1v) is 9.38. The third-order valence-corrected chi connectivity index (χ3v) is 7.41. The molecule has 7 heteroatoms. The van der Waals surface area contributed by atoms with Crippen molar-refractivity contribution in [2.24, 2.45) is 0 Å². The second-order valence-corrected chi connectivity index (χ2v) is 8.29. The minimum atomic E-state index is -3.30. The van der Waals surface area contributed by atoms with Gasteiger partial charge in [-0.1, -0.05) is 6.42 Å². The van der Waals surface area contributed by atoms with Crippen LogP contribution in [-0.4, -0.2) is 54.2 Å². The van der Waals surface area contributed by atoms with Crippen LogP contribution in [0.1, 0.15) is 32.1 Å². The molecule has 2 fully saturated rings. The molecule has 19 heavy (non-hydrogen) atoms. The number of hydrogen-bond acceptors (Lipinski definition) is 4. The minimum absolute atomic E-state index is 0.395. The van der Waals surface area contributed by atoms with E-state index in [1.54, 1.807) is 20.4 Å². The quantitative estimate of drug-likeness (QED) is 0.791. The van der Waals surface area contributed by atoms with Gasteiger partial charge in [0.05, 0.1) is 6.07 Å². The fourth-order valence-corrected chi connectivity index (χ4v) is 5.07. The zero-order valence-corrected chi connectivity index (χ0v) is 13.0. The van der Waals surface area contributed by atoms with Gasteiger partial charge in [0.1, 0.15) is 4.75 Å². The van der Waals surface area contributed by atoms with Crippen molar-refractivity contribution in [1.82, 2.24) is 8.61 Å². The molecule has 2 heterocycles. The maximum absolute atomic E-state index is 12.5. The summed E-state index contributed by atoms with van der Waals surface area (Å²) >= 11 is 1.55. The Labute approximate surface area is 120 Å². The van der Waals surface area contributed by atoms with Crippen LogP contribution in [0.5, 0.6) is 0 Å². The maximum Gasteiger partial charge on any atom is 0.281 e. The van der Waals surface area contributed by atoms with E-state index in [1.165, 1.54) is 0 Å². The van der Waals surface area contributed by atoms with Crippen LogP contribution >= 0.6 is 11.8 Å². The van der Waals surface area contributed by atoms with E-state index in [1.807, 2.05) is 6.26 Å². The van der Waals surface area contributed by atoms with E-state index in [9.17, 15) is 13.7 Å². The Morgan fingerprint density at radius 3 is 2.05 bits per heavy atom. The summed E-state index contributed by atoms with van der Waals surface area (Å²) in [5.41, 5.74) is 0. The fraction of sp³-hybridized carbons (Fsp3) is 0.917. The highest BCUT2D eigenvalue weighted by Gasteiger charge is 2.39. The number of hydrogen-bond donors (Lipinski definition) is 0. The molecule has 0 aromatic carbocycles. The Bertz CT molecular complexity index is 444. The molecule has 108 valence electrons. The largest absolute Gasteiger partial charge is 0.281 e. The molecule has 0 amide bonds. The maximum atomic E-state index is 12.5. The Balaban J connectivity index is 2.02. The smallest absolute Gasteiger partial charge is 0.197 e. The lowest BCUT2D eigenvalue weighted by Crippen LogP contribution is -2.51. The van der Waals surface area contributed by atoms with Gasteiger partial charge >= 0.3 is 0 Å². The van der Waals surface area contributed by atoms with Crippen molar-refractivity contribution in [3.63, 3.8) is 0 Å². The molecule has 0 saturated carbocycles. The lowest BCUT2D eigenvalue weighted by Gasteiger charge is -2.38. The number of thioether (sulfide) groups is 1. The van der Waals surface area contributed by atoms with Gasteiger partial charge in [-0.3, -0.25) is 0 Å². The summed E-state index contributed by atoms with van der Waals surface area (Å²) in [5.74, 6) is 0. The van der Waals surface area contributed by atoms with Gasteiger partial charge in [-0.15, -0.1) is 11.8 Å². The van der Waals surface area contributed by atoms with E-state index in [-0.39, 0.29) is 0 Å². The Kier molecular flexibility index (Phi) is 4.77. The van der Waals surface area contributed by atoms with Crippen LogP contribution in [0.15, 0.2) is 0 Å². The summed E-state index contributed by atoms with van der Waals surface area (Å²) in [6, 6.07) is 2.35. The monoisotopic (exact) mass is 303 g/mol. The first-order valence-electron chi connectivity index (χ1n) is 6.76. The van der Waals surface area contributed by atoms with E-state index in [4.69, 9.17) is 0 Å². The summed E-state index contributed by atoms with van der Waals surface area (Å²) in [6.07, 6.45) is 6.21. The van der Waals surface area contributed by atoms with Gasteiger partial charge < -0.3 is 0 Å². The summed E-state index contributed by atoms with van der Waals surface area (Å²) in [4.78, 5) is 0. The van der Waals surface area contributed by atoms with Gasteiger partial charge in [-0.05, 0) is 31.9 Å². The Morgan fingerprint density at radius 2 is 1.58 bits per heavy atom. The molecule has 0 aromatic rings. The number of nitrogens with zero attached hydrogens (tertiary/aromatic N) is 3. The van der Waals surface area contributed by atoms with E-state index >= 15 is 0 Å². The Hall–Kier alpha value is -0.290. The molecule has 0 atom stereocenters. The van der Waals surface area contributed by atoms with Crippen molar-refractivity contribution in [1.29, 1.82) is 5.26 Å². The third-order valence-electron chi connectivity index (χ3n) is 4.09. The highest BCUT2D eigenvalue weighted by Crippen LogP contribution is 2.35. The van der Waals surface area contributed by atoms with Crippen molar-refractivity contribution >= 4 is 22.0 Å². The summed E-state index contributed by atoms with van der Waals surface area (Å²) in [6.45, 7) is 2.22. The topological polar surface area (TPSA) is 64.4 Å². The van der Waals surface area contributed by atoms with Crippen molar-refractivity contribution < 1.29 is 8.42 Å². The highest BCUT2D eigenvalue weighted by molar-refractivity contribution is 8.00. The molecule has 5 nitrogen and oxygen atoms in total. The molecular weight excluding hydrogens is 282 g/mol. The molecule has 2 aliphatic heterocycles. The molecule has 0 aromatic heterocycles. The molecule has 0 bridgehead atoms. The first kappa shape index (κ1) is 15.1. The molecule has 0 aliphatic carbocycles. The van der Waals surface area contributed by atoms with E-state index < -0.39 is 15.0 Å². The second-order valence-electron chi connectivity index (χ2n) is 5.18. The van der Waals surface area contributed by atoms with Gasteiger partial charge in [-0.25, -0.2) is 0 Å². The molecule has 2 aliphatic rings. The van der Waals surface area contributed by atoms with E-state index in [2.05, 4.69) is 6.07 Å². The van der Waals surface area contributed by atoms with Gasteiger partial charge in [-0.2, -0.15) is 22.3 Å².